The predicted octanol–water partition coefficient (Wildman–Crippen LogP) is 3.68. The van der Waals surface area contributed by atoms with Crippen molar-refractivity contribution in [1.82, 2.24) is 14.9 Å². The largest absolute Gasteiger partial charge is 0.337 e. The molecule has 1 atom stereocenters. The zero-order valence-electron chi connectivity index (χ0n) is 12.7. The van der Waals surface area contributed by atoms with Crippen LogP contribution in [0.5, 0.6) is 0 Å². The molecule has 0 bridgehead atoms. The van der Waals surface area contributed by atoms with E-state index in [4.69, 9.17) is 0 Å². The number of imidazole rings is 1. The summed E-state index contributed by atoms with van der Waals surface area (Å²) < 4.78 is 2.13. The Morgan fingerprint density at radius 1 is 1.39 bits per heavy atom. The van der Waals surface area contributed by atoms with Gasteiger partial charge in [-0.3, -0.25) is 0 Å². The van der Waals surface area contributed by atoms with Crippen LogP contribution in [-0.4, -0.2) is 16.1 Å². The molecule has 1 rings (SSSR count). The van der Waals surface area contributed by atoms with E-state index in [1.165, 1.54) is 25.7 Å². The molecule has 104 valence electrons. The lowest BCUT2D eigenvalue weighted by Crippen LogP contribution is -2.25. The van der Waals surface area contributed by atoms with Crippen LogP contribution in [0.1, 0.15) is 65.2 Å². The molecule has 18 heavy (non-hydrogen) atoms. The lowest BCUT2D eigenvalue weighted by atomic mass is 9.89. The SMILES string of the molecule is CCCNC(CCCC(C)(C)C)c1nccn1C. The normalized spacial score (nSPS) is 13.8. The maximum absolute atomic E-state index is 4.48. The second-order valence-electron chi connectivity index (χ2n) is 6.36. The lowest BCUT2D eigenvalue weighted by molar-refractivity contribution is 0.339. The molecular formula is C15H29N3. The molecule has 1 N–H and O–H groups in total. The summed E-state index contributed by atoms with van der Waals surface area (Å²) in [7, 11) is 2.08. The predicted molar refractivity (Wildman–Crippen MR) is 77.5 cm³/mol. The van der Waals surface area contributed by atoms with Crippen LogP contribution in [0.2, 0.25) is 0 Å². The number of hydrogen-bond acceptors (Lipinski definition) is 2. The van der Waals surface area contributed by atoms with E-state index in [0.717, 1.165) is 12.4 Å². The van der Waals surface area contributed by atoms with Crippen molar-refractivity contribution < 1.29 is 0 Å². The first kappa shape index (κ1) is 15.2. The average molecular weight is 251 g/mol. The topological polar surface area (TPSA) is 29.9 Å². The van der Waals surface area contributed by atoms with Crippen LogP contribution in [0, 0.1) is 5.41 Å². The van der Waals surface area contributed by atoms with Gasteiger partial charge in [-0.15, -0.1) is 0 Å². The summed E-state index contributed by atoms with van der Waals surface area (Å²) in [4.78, 5) is 4.48. The summed E-state index contributed by atoms with van der Waals surface area (Å²) in [5.41, 5.74) is 0.428. The van der Waals surface area contributed by atoms with E-state index in [9.17, 15) is 0 Å². The Morgan fingerprint density at radius 3 is 2.61 bits per heavy atom. The van der Waals surface area contributed by atoms with Gasteiger partial charge in [0, 0.05) is 19.4 Å². The summed E-state index contributed by atoms with van der Waals surface area (Å²) in [6.07, 6.45) is 8.77. The summed E-state index contributed by atoms with van der Waals surface area (Å²) in [5.74, 6) is 1.16. The van der Waals surface area contributed by atoms with Gasteiger partial charge in [-0.2, -0.15) is 0 Å². The third-order valence-electron chi connectivity index (χ3n) is 3.23. The number of hydrogen-bond donors (Lipinski definition) is 1. The van der Waals surface area contributed by atoms with Crippen molar-refractivity contribution in [2.24, 2.45) is 12.5 Å². The zero-order valence-corrected chi connectivity index (χ0v) is 12.7. The van der Waals surface area contributed by atoms with E-state index >= 15 is 0 Å². The molecule has 3 heteroatoms. The minimum absolute atomic E-state index is 0.396. The molecule has 1 aromatic heterocycles. The number of rotatable bonds is 7. The summed E-state index contributed by atoms with van der Waals surface area (Å²) >= 11 is 0. The zero-order chi connectivity index (χ0) is 13.6. The Balaban J connectivity index is 2.54. The average Bonchev–Trinajstić information content (AvgIpc) is 2.68. The first-order chi connectivity index (χ1) is 8.44. The smallest absolute Gasteiger partial charge is 0.125 e. The van der Waals surface area contributed by atoms with E-state index in [1.807, 2.05) is 12.4 Å². The third-order valence-corrected chi connectivity index (χ3v) is 3.23. The van der Waals surface area contributed by atoms with Gasteiger partial charge in [0.2, 0.25) is 0 Å². The van der Waals surface area contributed by atoms with Gasteiger partial charge in [-0.25, -0.2) is 4.98 Å². The Labute approximate surface area is 112 Å². The van der Waals surface area contributed by atoms with Crippen LogP contribution < -0.4 is 5.32 Å². The molecule has 0 spiro atoms. The minimum atomic E-state index is 0.396. The van der Waals surface area contributed by atoms with E-state index in [1.54, 1.807) is 0 Å². The van der Waals surface area contributed by atoms with Crippen LogP contribution in [0.3, 0.4) is 0 Å². The lowest BCUT2D eigenvalue weighted by Gasteiger charge is -2.22. The van der Waals surface area contributed by atoms with Crippen molar-refractivity contribution >= 4 is 0 Å². The van der Waals surface area contributed by atoms with E-state index in [0.29, 0.717) is 11.5 Å². The molecule has 3 nitrogen and oxygen atoms in total. The number of nitrogens with one attached hydrogen (secondary N) is 1. The maximum Gasteiger partial charge on any atom is 0.125 e. The Kier molecular flexibility index (Phi) is 5.86. The Bertz CT molecular complexity index is 336. The van der Waals surface area contributed by atoms with Gasteiger partial charge < -0.3 is 9.88 Å². The standard InChI is InChI=1S/C15H29N3/c1-6-10-16-13(8-7-9-15(2,3)4)14-17-11-12-18(14)5/h11-13,16H,6-10H2,1-5H3. The highest BCUT2D eigenvalue weighted by Crippen LogP contribution is 2.25. The molecule has 0 aliphatic carbocycles. The van der Waals surface area contributed by atoms with E-state index in [2.05, 4.69) is 49.6 Å². The van der Waals surface area contributed by atoms with Gasteiger partial charge in [0.1, 0.15) is 5.82 Å². The molecule has 0 saturated carbocycles. The molecule has 0 fully saturated rings. The summed E-state index contributed by atoms with van der Waals surface area (Å²) in [6.45, 7) is 10.2. The van der Waals surface area contributed by atoms with E-state index < -0.39 is 0 Å². The van der Waals surface area contributed by atoms with Crippen LogP contribution >= 0.6 is 0 Å². The first-order valence-electron chi connectivity index (χ1n) is 7.14. The molecule has 0 aromatic carbocycles. The molecule has 1 unspecified atom stereocenters. The van der Waals surface area contributed by atoms with Gasteiger partial charge in [-0.1, -0.05) is 34.1 Å². The minimum Gasteiger partial charge on any atom is -0.337 e. The fourth-order valence-electron chi connectivity index (χ4n) is 2.19. The van der Waals surface area contributed by atoms with Crippen molar-refractivity contribution in [3.8, 4) is 0 Å². The molecular weight excluding hydrogens is 222 g/mol. The monoisotopic (exact) mass is 251 g/mol. The highest BCUT2D eigenvalue weighted by molar-refractivity contribution is 4.98. The third kappa shape index (κ3) is 5.21. The highest BCUT2D eigenvalue weighted by atomic mass is 15.1. The van der Waals surface area contributed by atoms with Crippen molar-refractivity contribution in [1.29, 1.82) is 0 Å². The molecule has 0 radical (unpaired) electrons. The van der Waals surface area contributed by atoms with Crippen molar-refractivity contribution in [3.63, 3.8) is 0 Å². The molecule has 0 amide bonds. The van der Waals surface area contributed by atoms with Crippen molar-refractivity contribution in [3.05, 3.63) is 18.2 Å². The highest BCUT2D eigenvalue weighted by Gasteiger charge is 2.17. The molecule has 0 saturated heterocycles. The second-order valence-corrected chi connectivity index (χ2v) is 6.36. The molecule has 1 aromatic rings. The van der Waals surface area contributed by atoms with Crippen molar-refractivity contribution in [2.45, 2.75) is 59.4 Å². The van der Waals surface area contributed by atoms with Gasteiger partial charge in [0.15, 0.2) is 0 Å². The Hall–Kier alpha value is -0.830. The number of aromatic nitrogens is 2. The van der Waals surface area contributed by atoms with Gasteiger partial charge in [0.25, 0.3) is 0 Å². The fraction of sp³-hybridized carbons (Fsp3) is 0.800. The maximum atomic E-state index is 4.48. The van der Waals surface area contributed by atoms with Crippen LogP contribution in [0.4, 0.5) is 0 Å². The first-order valence-corrected chi connectivity index (χ1v) is 7.14. The molecule has 0 aliphatic heterocycles. The van der Waals surface area contributed by atoms with Crippen molar-refractivity contribution in [2.75, 3.05) is 6.54 Å². The fourth-order valence-corrected chi connectivity index (χ4v) is 2.19. The van der Waals surface area contributed by atoms with Crippen LogP contribution in [0.15, 0.2) is 12.4 Å². The quantitative estimate of drug-likeness (QED) is 0.801. The van der Waals surface area contributed by atoms with Crippen LogP contribution in [-0.2, 0) is 7.05 Å². The van der Waals surface area contributed by atoms with Crippen LogP contribution in [0.25, 0.3) is 0 Å². The summed E-state index contributed by atoms with van der Waals surface area (Å²) in [6, 6.07) is 0.396. The second kappa shape index (κ2) is 6.93. The Morgan fingerprint density at radius 2 is 2.11 bits per heavy atom. The van der Waals surface area contributed by atoms with E-state index in [-0.39, 0.29) is 0 Å². The number of nitrogens with zero attached hydrogens (tertiary/aromatic N) is 2. The summed E-state index contributed by atoms with van der Waals surface area (Å²) in [5, 5.41) is 3.62. The molecule has 0 aliphatic rings. The van der Waals surface area contributed by atoms with Gasteiger partial charge in [-0.05, 0) is 31.2 Å². The molecule has 1 heterocycles. The number of aryl methyl sites for hydroxylation is 1. The van der Waals surface area contributed by atoms with Gasteiger partial charge in [0.05, 0.1) is 6.04 Å². The van der Waals surface area contributed by atoms with Gasteiger partial charge >= 0.3 is 0 Å².